The third-order valence-electron chi connectivity index (χ3n) is 6.27. The van der Waals surface area contributed by atoms with Crippen LogP contribution < -0.4 is 10.6 Å². The Labute approximate surface area is 192 Å². The molecule has 0 spiro atoms. The molecule has 0 saturated heterocycles. The van der Waals surface area contributed by atoms with Gasteiger partial charge >= 0.3 is 12.1 Å². The summed E-state index contributed by atoms with van der Waals surface area (Å²) in [6.07, 6.45) is 8.91. The molecule has 2 aliphatic rings. The summed E-state index contributed by atoms with van der Waals surface area (Å²) in [5.41, 5.74) is 0. The highest BCUT2D eigenvalue weighted by Gasteiger charge is 2.29. The van der Waals surface area contributed by atoms with Crippen LogP contribution in [0.3, 0.4) is 0 Å². The highest BCUT2D eigenvalue weighted by atomic mass is 35.5. The second-order valence-electron chi connectivity index (χ2n) is 8.36. The van der Waals surface area contributed by atoms with E-state index in [1.807, 2.05) is 0 Å². The first-order valence-corrected chi connectivity index (χ1v) is 12.0. The molecule has 0 aliphatic heterocycles. The van der Waals surface area contributed by atoms with Gasteiger partial charge in [-0.05, 0) is 69.6 Å². The van der Waals surface area contributed by atoms with Crippen molar-refractivity contribution in [1.29, 1.82) is 0 Å². The molecule has 0 unspecified atom stereocenters. The van der Waals surface area contributed by atoms with Crippen molar-refractivity contribution in [2.24, 2.45) is 22.4 Å². The van der Waals surface area contributed by atoms with Crippen LogP contribution in [-0.4, -0.2) is 59.0 Å². The van der Waals surface area contributed by atoms with Gasteiger partial charge in [-0.1, -0.05) is 0 Å². The fraction of sp³-hybridized carbons (Fsp3) is 0.895. The summed E-state index contributed by atoms with van der Waals surface area (Å²) in [5, 5.41) is 12.8. The number of nitrogens with one attached hydrogen (secondary N) is 2. The molecule has 2 aliphatic carbocycles. The van der Waals surface area contributed by atoms with Gasteiger partial charge in [-0.3, -0.25) is 0 Å². The van der Waals surface area contributed by atoms with E-state index in [-0.39, 0.29) is 36.9 Å². The van der Waals surface area contributed by atoms with E-state index in [0.717, 1.165) is 67.8 Å². The molecule has 2 rings (SSSR count). The molecule has 2 fully saturated rings. The van der Waals surface area contributed by atoms with Gasteiger partial charge in [0.1, 0.15) is 0 Å². The number of nitroso groups, excluding NO2 is 2. The molecule has 2 saturated carbocycles. The summed E-state index contributed by atoms with van der Waals surface area (Å²) in [6.45, 7) is 0.206. The third-order valence-corrected chi connectivity index (χ3v) is 6.61. The first kappa shape index (κ1) is 25.6. The first-order valence-electron chi connectivity index (χ1n) is 10.9. The summed E-state index contributed by atoms with van der Waals surface area (Å²) in [7, 11) is 0. The summed E-state index contributed by atoms with van der Waals surface area (Å²) in [5.74, 6) is 1.59. The summed E-state index contributed by atoms with van der Waals surface area (Å²) >= 11 is 11.2. The summed E-state index contributed by atoms with van der Waals surface area (Å²) in [6, 6.07) is -0.823. The maximum atomic E-state index is 12.0. The fourth-order valence-electron chi connectivity index (χ4n) is 4.57. The Bertz CT molecular complexity index is 548. The van der Waals surface area contributed by atoms with Gasteiger partial charge in [0.25, 0.3) is 0 Å². The van der Waals surface area contributed by atoms with Crippen LogP contribution >= 0.6 is 23.2 Å². The Morgan fingerprint density at radius 1 is 0.710 bits per heavy atom. The van der Waals surface area contributed by atoms with Crippen LogP contribution in [0.15, 0.2) is 10.6 Å². The third kappa shape index (κ3) is 8.40. The standard InChI is InChI=1S/C19H32Cl2N6O4/c20-9-11-26(24-30)18(28)22-16-5-1-14(2-6-16)13-15-3-7-17(8-4-15)23-19(29)27(25-31)12-10-21/h14-17H,1-13H2,(H,22,28)(H,23,29). The van der Waals surface area contributed by atoms with Gasteiger partial charge in [-0.25, -0.2) is 9.59 Å². The van der Waals surface area contributed by atoms with E-state index in [1.165, 1.54) is 0 Å². The molecule has 0 bridgehead atoms. The molecule has 0 radical (unpaired) electrons. The van der Waals surface area contributed by atoms with E-state index < -0.39 is 12.1 Å². The molecule has 2 N–H and O–H groups in total. The number of hydrogen-bond donors (Lipinski definition) is 2. The summed E-state index contributed by atoms with van der Waals surface area (Å²) < 4.78 is 0. The van der Waals surface area contributed by atoms with Crippen LogP contribution in [0.25, 0.3) is 0 Å². The van der Waals surface area contributed by atoms with Gasteiger partial charge < -0.3 is 10.6 Å². The number of urea groups is 2. The molecule has 0 aromatic heterocycles. The molecule has 176 valence electrons. The summed E-state index contributed by atoms with van der Waals surface area (Å²) in [4.78, 5) is 45.5. The van der Waals surface area contributed by atoms with Crippen molar-refractivity contribution in [2.75, 3.05) is 24.8 Å². The molecule has 31 heavy (non-hydrogen) atoms. The lowest BCUT2D eigenvalue weighted by molar-refractivity contribution is 0.176. The highest BCUT2D eigenvalue weighted by molar-refractivity contribution is 6.18. The predicted molar refractivity (Wildman–Crippen MR) is 120 cm³/mol. The number of hydrogen-bond acceptors (Lipinski definition) is 6. The average Bonchev–Trinajstić information content (AvgIpc) is 2.78. The molecule has 0 heterocycles. The lowest BCUT2D eigenvalue weighted by Gasteiger charge is -2.34. The van der Waals surface area contributed by atoms with Crippen molar-refractivity contribution in [3.8, 4) is 0 Å². The molecule has 4 amide bonds. The van der Waals surface area contributed by atoms with Crippen LogP contribution in [0.4, 0.5) is 9.59 Å². The molecule has 12 heteroatoms. The Hall–Kier alpha value is -1.68. The zero-order valence-electron chi connectivity index (χ0n) is 17.7. The van der Waals surface area contributed by atoms with Gasteiger partial charge in [0.05, 0.1) is 23.7 Å². The highest BCUT2D eigenvalue weighted by Crippen LogP contribution is 2.35. The maximum Gasteiger partial charge on any atom is 0.340 e. The Balaban J connectivity index is 1.65. The zero-order chi connectivity index (χ0) is 22.6. The van der Waals surface area contributed by atoms with Gasteiger partial charge in [-0.2, -0.15) is 10.0 Å². The second-order valence-corrected chi connectivity index (χ2v) is 9.11. The normalized spacial score (nSPS) is 25.9. The van der Waals surface area contributed by atoms with Gasteiger partial charge in [0.15, 0.2) is 0 Å². The van der Waals surface area contributed by atoms with Crippen molar-refractivity contribution in [2.45, 2.75) is 69.9 Å². The molecule has 10 nitrogen and oxygen atoms in total. The minimum atomic E-state index is -0.478. The SMILES string of the molecule is O=NN(CCCl)C(=O)NC1CCC(CC2CCC(NC(=O)N(CCCl)N=O)CC2)CC1. The number of rotatable bonds is 10. The quantitative estimate of drug-likeness (QED) is 0.275. The smallest absolute Gasteiger partial charge is 0.334 e. The zero-order valence-corrected chi connectivity index (χ0v) is 19.2. The van der Waals surface area contributed by atoms with Crippen LogP contribution in [0.5, 0.6) is 0 Å². The second kappa shape index (κ2) is 13.7. The molecule has 0 atom stereocenters. The van der Waals surface area contributed by atoms with Crippen LogP contribution in [0, 0.1) is 21.6 Å². The lowest BCUT2D eigenvalue weighted by atomic mass is 9.75. The van der Waals surface area contributed by atoms with E-state index in [0.29, 0.717) is 11.8 Å². The number of carbonyl (C=O) groups is 2. The van der Waals surface area contributed by atoms with Crippen molar-refractivity contribution in [3.63, 3.8) is 0 Å². The number of nitrogens with zero attached hydrogens (tertiary/aromatic N) is 4. The number of carbonyl (C=O) groups excluding carboxylic acids is 2. The lowest BCUT2D eigenvalue weighted by Crippen LogP contribution is -2.45. The Morgan fingerprint density at radius 3 is 1.35 bits per heavy atom. The minimum Gasteiger partial charge on any atom is -0.334 e. The van der Waals surface area contributed by atoms with E-state index in [4.69, 9.17) is 23.2 Å². The molecule has 0 aromatic rings. The van der Waals surface area contributed by atoms with Gasteiger partial charge in [-0.15, -0.1) is 33.0 Å². The van der Waals surface area contributed by atoms with E-state index in [2.05, 4.69) is 21.2 Å². The topological polar surface area (TPSA) is 124 Å². The number of halogens is 2. The largest absolute Gasteiger partial charge is 0.340 e. The molecule has 0 aromatic carbocycles. The minimum absolute atomic E-state index is 0.0663. The Kier molecular flexibility index (Phi) is 11.3. The molecular weight excluding hydrogens is 447 g/mol. The van der Waals surface area contributed by atoms with E-state index in [1.54, 1.807) is 0 Å². The van der Waals surface area contributed by atoms with Crippen molar-refractivity contribution < 1.29 is 9.59 Å². The predicted octanol–water partition coefficient (Wildman–Crippen LogP) is 4.36. The van der Waals surface area contributed by atoms with Gasteiger partial charge in [0.2, 0.25) is 0 Å². The Morgan fingerprint density at radius 2 is 1.06 bits per heavy atom. The number of amides is 4. The van der Waals surface area contributed by atoms with Crippen LogP contribution in [0.2, 0.25) is 0 Å². The maximum absolute atomic E-state index is 12.0. The van der Waals surface area contributed by atoms with Crippen molar-refractivity contribution >= 4 is 35.3 Å². The first-order chi connectivity index (χ1) is 15.0. The van der Waals surface area contributed by atoms with Crippen LogP contribution in [-0.2, 0) is 0 Å². The number of alkyl halides is 2. The van der Waals surface area contributed by atoms with Crippen molar-refractivity contribution in [3.05, 3.63) is 9.81 Å². The van der Waals surface area contributed by atoms with Crippen LogP contribution in [0.1, 0.15) is 57.8 Å². The van der Waals surface area contributed by atoms with Gasteiger partial charge in [0, 0.05) is 23.8 Å². The van der Waals surface area contributed by atoms with E-state index >= 15 is 0 Å². The van der Waals surface area contributed by atoms with E-state index in [9.17, 15) is 19.4 Å². The fourth-order valence-corrected chi connectivity index (χ4v) is 4.89. The van der Waals surface area contributed by atoms with Crippen molar-refractivity contribution in [1.82, 2.24) is 20.7 Å². The monoisotopic (exact) mass is 478 g/mol. The average molecular weight is 479 g/mol. The molecular formula is C19H32Cl2N6O4.